The van der Waals surface area contributed by atoms with E-state index in [4.69, 9.17) is 0 Å². The highest BCUT2D eigenvalue weighted by Crippen LogP contribution is 2.18. The number of para-hydroxylation sites is 1. The average molecular weight is 427 g/mol. The summed E-state index contributed by atoms with van der Waals surface area (Å²) in [6.07, 6.45) is 3.41. The van der Waals surface area contributed by atoms with Crippen molar-refractivity contribution in [1.82, 2.24) is 15.2 Å². The molecule has 0 bridgehead atoms. The first-order chi connectivity index (χ1) is 14.5. The number of sulfonamides is 1. The maximum absolute atomic E-state index is 12.5. The van der Waals surface area contributed by atoms with Crippen molar-refractivity contribution in [3.63, 3.8) is 0 Å². The number of rotatable bonds is 6. The van der Waals surface area contributed by atoms with E-state index in [9.17, 15) is 13.2 Å². The number of carbonyl (C=O) groups excluding carboxylic acids is 1. The van der Waals surface area contributed by atoms with Crippen LogP contribution in [0.5, 0.6) is 0 Å². The third-order valence-corrected chi connectivity index (χ3v) is 6.19. The maximum atomic E-state index is 12.5. The third kappa shape index (κ3) is 4.60. The Labute approximate surface area is 174 Å². The van der Waals surface area contributed by atoms with Crippen molar-refractivity contribution >= 4 is 33.5 Å². The molecule has 0 saturated carbocycles. The van der Waals surface area contributed by atoms with Gasteiger partial charge in [0.2, 0.25) is 11.9 Å². The van der Waals surface area contributed by atoms with Crippen LogP contribution in [0, 0.1) is 0 Å². The number of aromatic amines is 1. The molecule has 0 atom stereocenters. The molecule has 1 aromatic heterocycles. The molecule has 0 aliphatic carbocycles. The van der Waals surface area contributed by atoms with E-state index < -0.39 is 15.9 Å². The number of aromatic nitrogens is 3. The van der Waals surface area contributed by atoms with Gasteiger partial charge >= 0.3 is 0 Å². The van der Waals surface area contributed by atoms with Crippen LogP contribution < -0.4 is 14.9 Å². The van der Waals surface area contributed by atoms with Crippen molar-refractivity contribution in [2.45, 2.75) is 24.2 Å². The lowest BCUT2D eigenvalue weighted by molar-refractivity contribution is 0.102. The van der Waals surface area contributed by atoms with E-state index in [2.05, 4.69) is 30.1 Å². The van der Waals surface area contributed by atoms with Crippen LogP contribution in [0.15, 0.2) is 59.5 Å². The Morgan fingerprint density at radius 1 is 0.967 bits per heavy atom. The average Bonchev–Trinajstić information content (AvgIpc) is 3.23. The van der Waals surface area contributed by atoms with Gasteiger partial charge in [-0.2, -0.15) is 4.98 Å². The Bertz CT molecular complexity index is 1110. The number of piperidine rings is 1. The summed E-state index contributed by atoms with van der Waals surface area (Å²) in [6.45, 7) is 1.80. The number of nitrogens with one attached hydrogen (secondary N) is 3. The minimum absolute atomic E-state index is 0.0648. The molecule has 1 saturated heterocycles. The summed E-state index contributed by atoms with van der Waals surface area (Å²) in [5, 5.41) is 9.54. The number of nitrogens with zero attached hydrogens (tertiary/aromatic N) is 3. The van der Waals surface area contributed by atoms with E-state index in [1.807, 2.05) is 0 Å². The molecule has 1 amide bonds. The normalized spacial score (nSPS) is 14.3. The first kappa shape index (κ1) is 19.9. The van der Waals surface area contributed by atoms with Gasteiger partial charge in [-0.1, -0.05) is 18.2 Å². The number of hydrogen-bond acceptors (Lipinski definition) is 6. The van der Waals surface area contributed by atoms with Gasteiger partial charge in [0.25, 0.3) is 15.9 Å². The second-order valence-electron chi connectivity index (χ2n) is 6.98. The standard InChI is InChI=1S/C20H22N6O3S/c27-18(21-19-22-20(24-23-19)26-13-5-2-6-14-26)15-9-11-17(12-10-15)30(28,29)25-16-7-3-1-4-8-16/h1,3-4,7-12,25H,2,5-6,13-14H2,(H2,21,22,23,24,27). The van der Waals surface area contributed by atoms with E-state index in [1.165, 1.54) is 30.7 Å². The first-order valence-corrected chi connectivity index (χ1v) is 11.2. The highest BCUT2D eigenvalue weighted by atomic mass is 32.2. The van der Waals surface area contributed by atoms with Crippen LogP contribution in [0.25, 0.3) is 0 Å². The van der Waals surface area contributed by atoms with E-state index in [0.717, 1.165) is 25.9 Å². The highest BCUT2D eigenvalue weighted by Gasteiger charge is 2.18. The lowest BCUT2D eigenvalue weighted by Crippen LogP contribution is -2.30. The summed E-state index contributed by atoms with van der Waals surface area (Å²) >= 11 is 0. The fourth-order valence-electron chi connectivity index (χ4n) is 3.23. The van der Waals surface area contributed by atoms with Crippen LogP contribution in [0.1, 0.15) is 29.6 Å². The quantitative estimate of drug-likeness (QED) is 0.557. The maximum Gasteiger partial charge on any atom is 0.261 e. The molecule has 3 N–H and O–H groups in total. The predicted octanol–water partition coefficient (Wildman–Crippen LogP) is 2.85. The van der Waals surface area contributed by atoms with Crippen LogP contribution in [0.3, 0.4) is 0 Å². The van der Waals surface area contributed by atoms with Crippen molar-refractivity contribution in [3.8, 4) is 0 Å². The van der Waals surface area contributed by atoms with Crippen molar-refractivity contribution in [3.05, 3.63) is 60.2 Å². The topological polar surface area (TPSA) is 120 Å². The fraction of sp³-hybridized carbons (Fsp3) is 0.250. The number of amides is 1. The third-order valence-electron chi connectivity index (χ3n) is 4.80. The monoisotopic (exact) mass is 426 g/mol. The Kier molecular flexibility index (Phi) is 5.66. The lowest BCUT2D eigenvalue weighted by Gasteiger charge is -2.24. The summed E-state index contributed by atoms with van der Waals surface area (Å²) in [5.41, 5.74) is 0.777. The molecular weight excluding hydrogens is 404 g/mol. The summed E-state index contributed by atoms with van der Waals surface area (Å²) in [4.78, 5) is 18.9. The fourth-order valence-corrected chi connectivity index (χ4v) is 4.29. The van der Waals surface area contributed by atoms with Crippen LogP contribution in [-0.2, 0) is 10.0 Å². The van der Waals surface area contributed by atoms with Crippen molar-refractivity contribution in [1.29, 1.82) is 0 Å². The number of anilines is 3. The van der Waals surface area contributed by atoms with Crippen LogP contribution in [-0.4, -0.2) is 42.6 Å². The molecule has 2 aromatic carbocycles. The Morgan fingerprint density at radius 3 is 2.37 bits per heavy atom. The van der Waals surface area contributed by atoms with E-state index in [-0.39, 0.29) is 10.8 Å². The molecule has 30 heavy (non-hydrogen) atoms. The molecule has 0 unspecified atom stereocenters. The molecule has 2 heterocycles. The van der Waals surface area contributed by atoms with Gasteiger partial charge in [0.1, 0.15) is 0 Å². The van der Waals surface area contributed by atoms with Gasteiger partial charge in [0.05, 0.1) is 4.90 Å². The summed E-state index contributed by atoms with van der Waals surface area (Å²) in [6, 6.07) is 14.3. The van der Waals surface area contributed by atoms with Gasteiger partial charge < -0.3 is 4.90 Å². The van der Waals surface area contributed by atoms with Crippen LogP contribution >= 0.6 is 0 Å². The number of carbonyl (C=O) groups is 1. The van der Waals surface area contributed by atoms with Gasteiger partial charge in [-0.25, -0.2) is 13.5 Å². The SMILES string of the molecule is O=C(Nc1nc(N2CCCCC2)n[nH]1)c1ccc(S(=O)(=O)Nc2ccccc2)cc1. The number of H-pyrrole nitrogens is 1. The summed E-state index contributed by atoms with van der Waals surface area (Å²) in [5.74, 6) is 0.415. The Balaban J connectivity index is 1.41. The lowest BCUT2D eigenvalue weighted by atomic mass is 10.1. The zero-order valence-electron chi connectivity index (χ0n) is 16.2. The second kappa shape index (κ2) is 8.54. The Morgan fingerprint density at radius 2 is 1.67 bits per heavy atom. The number of hydrogen-bond donors (Lipinski definition) is 3. The molecule has 4 rings (SSSR count). The van der Waals surface area contributed by atoms with Gasteiger partial charge in [-0.15, -0.1) is 5.10 Å². The Hall–Kier alpha value is -3.40. The highest BCUT2D eigenvalue weighted by molar-refractivity contribution is 7.92. The van der Waals surface area contributed by atoms with Gasteiger partial charge in [0, 0.05) is 24.3 Å². The van der Waals surface area contributed by atoms with E-state index >= 15 is 0 Å². The molecule has 1 aliphatic heterocycles. The molecule has 1 fully saturated rings. The molecule has 9 nitrogen and oxygen atoms in total. The predicted molar refractivity (Wildman–Crippen MR) is 114 cm³/mol. The van der Waals surface area contributed by atoms with Gasteiger partial charge in [-0.3, -0.25) is 14.8 Å². The summed E-state index contributed by atoms with van der Waals surface area (Å²) in [7, 11) is -3.74. The minimum atomic E-state index is -3.74. The molecule has 156 valence electrons. The zero-order valence-corrected chi connectivity index (χ0v) is 17.0. The minimum Gasteiger partial charge on any atom is -0.340 e. The van der Waals surface area contributed by atoms with E-state index in [1.54, 1.807) is 30.3 Å². The first-order valence-electron chi connectivity index (χ1n) is 9.68. The van der Waals surface area contributed by atoms with E-state index in [0.29, 0.717) is 17.2 Å². The molecule has 3 aromatic rings. The van der Waals surface area contributed by atoms with Gasteiger partial charge in [0.15, 0.2) is 0 Å². The van der Waals surface area contributed by atoms with Crippen LogP contribution in [0.4, 0.5) is 17.6 Å². The smallest absolute Gasteiger partial charge is 0.261 e. The van der Waals surface area contributed by atoms with Crippen molar-refractivity contribution in [2.24, 2.45) is 0 Å². The molecule has 0 spiro atoms. The zero-order chi connectivity index (χ0) is 21.0. The summed E-state index contributed by atoms with van der Waals surface area (Å²) < 4.78 is 27.5. The molecular formula is C20H22N6O3S. The number of benzene rings is 2. The molecule has 10 heteroatoms. The van der Waals surface area contributed by atoms with Crippen molar-refractivity contribution in [2.75, 3.05) is 28.0 Å². The molecule has 0 radical (unpaired) electrons. The van der Waals surface area contributed by atoms with Crippen molar-refractivity contribution < 1.29 is 13.2 Å². The van der Waals surface area contributed by atoms with Crippen LogP contribution in [0.2, 0.25) is 0 Å². The van der Waals surface area contributed by atoms with Gasteiger partial charge in [-0.05, 0) is 55.7 Å². The second-order valence-corrected chi connectivity index (χ2v) is 8.66. The molecule has 1 aliphatic rings. The largest absolute Gasteiger partial charge is 0.340 e.